The summed E-state index contributed by atoms with van der Waals surface area (Å²) in [6, 6.07) is 2.94. The molecule has 0 fully saturated rings. The van der Waals surface area contributed by atoms with Gasteiger partial charge in [-0.3, -0.25) is 14.4 Å². The lowest BCUT2D eigenvalue weighted by Gasteiger charge is -2.37. The second kappa shape index (κ2) is 10.8. The Morgan fingerprint density at radius 3 is 2.43 bits per heavy atom. The van der Waals surface area contributed by atoms with E-state index in [1.165, 1.54) is 4.90 Å². The van der Waals surface area contributed by atoms with Gasteiger partial charge in [-0.1, -0.05) is 27.5 Å². The van der Waals surface area contributed by atoms with Crippen LogP contribution < -0.4 is 10.2 Å². The third kappa shape index (κ3) is 6.88. The van der Waals surface area contributed by atoms with Crippen LogP contribution in [0.15, 0.2) is 12.1 Å². The minimum Gasteiger partial charge on any atom is -0.466 e. The Kier molecular flexibility index (Phi) is 9.69. The average molecular weight is 588 g/mol. The first kappa shape index (κ1) is 25.2. The van der Waals surface area contributed by atoms with Crippen LogP contribution in [-0.2, 0) is 14.3 Å². The van der Waals surface area contributed by atoms with Gasteiger partial charge in [0.2, 0.25) is 5.91 Å². The van der Waals surface area contributed by atoms with E-state index in [1.807, 2.05) is 20.8 Å². The number of rotatable bonds is 7. The highest BCUT2D eigenvalue weighted by molar-refractivity contribution is 14.1. The Morgan fingerprint density at radius 2 is 1.93 bits per heavy atom. The predicted octanol–water partition coefficient (Wildman–Crippen LogP) is 4.54. The molecule has 0 aliphatic rings. The number of ether oxygens (including phenoxy) is 1. The van der Waals surface area contributed by atoms with Crippen LogP contribution in [0.4, 0.5) is 5.69 Å². The van der Waals surface area contributed by atoms with Crippen LogP contribution in [-0.4, -0.2) is 41.3 Å². The SMILES string of the molecule is CCOC(=O)C[C@@H](C)NC(=O)c1cc(I)cc(Cl)c1N(C(=O)CBr)C(C)(C)C. The molecule has 0 heterocycles. The summed E-state index contributed by atoms with van der Waals surface area (Å²) >= 11 is 11.7. The number of carbonyl (C=O) groups is 3. The summed E-state index contributed by atoms with van der Waals surface area (Å²) in [5.41, 5.74) is 0.0176. The summed E-state index contributed by atoms with van der Waals surface area (Å²) in [5, 5.41) is 3.19. The maximum Gasteiger partial charge on any atom is 0.307 e. The Hall–Kier alpha value is -0.870. The molecular weight excluding hydrogens is 562 g/mol. The highest BCUT2D eigenvalue weighted by Crippen LogP contribution is 2.36. The van der Waals surface area contributed by atoms with Crippen molar-refractivity contribution in [3.05, 3.63) is 26.3 Å². The number of carbonyl (C=O) groups excluding carboxylic acids is 3. The molecule has 6 nitrogen and oxygen atoms in total. The van der Waals surface area contributed by atoms with E-state index in [-0.39, 0.29) is 35.8 Å². The summed E-state index contributed by atoms with van der Waals surface area (Å²) in [6.45, 7) is 9.33. The van der Waals surface area contributed by atoms with E-state index < -0.39 is 17.5 Å². The Bertz CT molecular complexity index is 752. The van der Waals surface area contributed by atoms with Crippen molar-refractivity contribution in [1.82, 2.24) is 5.32 Å². The van der Waals surface area contributed by atoms with Crippen molar-refractivity contribution in [2.45, 2.75) is 52.6 Å². The topological polar surface area (TPSA) is 75.7 Å². The largest absolute Gasteiger partial charge is 0.466 e. The van der Waals surface area contributed by atoms with Crippen molar-refractivity contribution in [3.63, 3.8) is 0 Å². The van der Waals surface area contributed by atoms with Gasteiger partial charge in [-0.25, -0.2) is 0 Å². The molecule has 1 atom stereocenters. The van der Waals surface area contributed by atoms with Gasteiger partial charge in [-0.2, -0.15) is 0 Å². The first-order chi connectivity index (χ1) is 12.9. The third-order valence-corrected chi connectivity index (χ3v) is 5.08. The van der Waals surface area contributed by atoms with Gasteiger partial charge in [0.15, 0.2) is 0 Å². The minimum absolute atomic E-state index is 0.0515. The van der Waals surface area contributed by atoms with Gasteiger partial charge in [0, 0.05) is 15.2 Å². The number of halogens is 3. The van der Waals surface area contributed by atoms with Crippen LogP contribution in [0.2, 0.25) is 5.02 Å². The van der Waals surface area contributed by atoms with Gasteiger partial charge in [-0.15, -0.1) is 0 Å². The lowest BCUT2D eigenvalue weighted by molar-refractivity contribution is -0.143. The molecule has 1 aromatic rings. The van der Waals surface area contributed by atoms with Gasteiger partial charge in [0.25, 0.3) is 5.91 Å². The molecule has 0 aliphatic carbocycles. The maximum absolute atomic E-state index is 13.0. The summed E-state index contributed by atoms with van der Waals surface area (Å²) in [7, 11) is 0. The normalized spacial score (nSPS) is 12.3. The maximum atomic E-state index is 13.0. The fourth-order valence-electron chi connectivity index (χ4n) is 2.68. The minimum atomic E-state index is -0.604. The van der Waals surface area contributed by atoms with Crippen LogP contribution in [0.3, 0.4) is 0 Å². The summed E-state index contributed by atoms with van der Waals surface area (Å²) in [6.07, 6.45) is 0.0515. The highest BCUT2D eigenvalue weighted by atomic mass is 127. The van der Waals surface area contributed by atoms with E-state index in [1.54, 1.807) is 26.0 Å². The number of anilines is 1. The van der Waals surface area contributed by atoms with Crippen molar-refractivity contribution in [2.24, 2.45) is 0 Å². The van der Waals surface area contributed by atoms with Crippen LogP contribution in [0, 0.1) is 3.57 Å². The molecule has 156 valence electrons. The number of benzene rings is 1. The van der Waals surface area contributed by atoms with Crippen molar-refractivity contribution >= 4 is 73.6 Å². The molecule has 2 amide bonds. The number of esters is 1. The van der Waals surface area contributed by atoms with Crippen molar-refractivity contribution in [3.8, 4) is 0 Å². The summed E-state index contributed by atoms with van der Waals surface area (Å²) < 4.78 is 5.68. The van der Waals surface area contributed by atoms with E-state index >= 15 is 0 Å². The number of amides is 2. The molecule has 0 radical (unpaired) electrons. The monoisotopic (exact) mass is 586 g/mol. The van der Waals surface area contributed by atoms with Gasteiger partial charge < -0.3 is 15.0 Å². The molecule has 0 saturated carbocycles. The van der Waals surface area contributed by atoms with Gasteiger partial charge >= 0.3 is 5.97 Å². The summed E-state index contributed by atoms with van der Waals surface area (Å²) in [5.74, 6) is -1.02. The van der Waals surface area contributed by atoms with Crippen LogP contribution in [0.25, 0.3) is 0 Å². The van der Waals surface area contributed by atoms with Gasteiger partial charge in [0.1, 0.15) is 0 Å². The van der Waals surface area contributed by atoms with E-state index in [9.17, 15) is 14.4 Å². The second-order valence-corrected chi connectivity index (χ2v) is 9.41. The molecule has 0 aromatic heterocycles. The highest BCUT2D eigenvalue weighted by Gasteiger charge is 2.33. The quantitative estimate of drug-likeness (QED) is 0.289. The number of hydrogen-bond acceptors (Lipinski definition) is 4. The van der Waals surface area contributed by atoms with E-state index in [0.29, 0.717) is 10.7 Å². The third-order valence-electron chi connectivity index (χ3n) is 3.69. The van der Waals surface area contributed by atoms with E-state index in [4.69, 9.17) is 16.3 Å². The zero-order valence-electron chi connectivity index (χ0n) is 16.6. The van der Waals surface area contributed by atoms with E-state index in [2.05, 4.69) is 43.8 Å². The molecule has 0 bridgehead atoms. The smallest absolute Gasteiger partial charge is 0.307 e. The molecular formula is C19H25BrClIN2O4. The molecule has 0 unspecified atom stereocenters. The van der Waals surface area contributed by atoms with Crippen LogP contribution in [0.5, 0.6) is 0 Å². The Morgan fingerprint density at radius 1 is 1.32 bits per heavy atom. The van der Waals surface area contributed by atoms with Crippen LogP contribution >= 0.6 is 50.1 Å². The molecule has 1 aromatic carbocycles. The number of alkyl halides is 1. The van der Waals surface area contributed by atoms with Crippen molar-refractivity contribution in [1.29, 1.82) is 0 Å². The molecule has 9 heteroatoms. The summed E-state index contributed by atoms with van der Waals surface area (Å²) in [4.78, 5) is 38.8. The van der Waals surface area contributed by atoms with Crippen LogP contribution in [0.1, 0.15) is 51.4 Å². The standard InChI is InChI=1S/C19H25BrClIN2O4/c1-6-28-16(26)7-11(2)23-18(27)13-8-12(22)9-14(21)17(13)24(15(25)10-20)19(3,4)5/h8-9,11H,6-7,10H2,1-5H3,(H,23,27)/t11-/m1/s1. The second-order valence-electron chi connectivity index (χ2n) is 7.20. The van der Waals surface area contributed by atoms with Gasteiger partial charge in [-0.05, 0) is 69.3 Å². The molecule has 0 spiro atoms. The fourth-order valence-corrected chi connectivity index (χ4v) is 4.04. The number of hydrogen-bond donors (Lipinski definition) is 1. The Balaban J connectivity index is 3.33. The number of nitrogens with zero attached hydrogens (tertiary/aromatic N) is 1. The predicted molar refractivity (Wildman–Crippen MR) is 123 cm³/mol. The lowest BCUT2D eigenvalue weighted by Crippen LogP contribution is -2.48. The van der Waals surface area contributed by atoms with Crippen molar-refractivity contribution in [2.75, 3.05) is 16.8 Å². The molecule has 28 heavy (non-hydrogen) atoms. The molecule has 0 saturated heterocycles. The van der Waals surface area contributed by atoms with E-state index in [0.717, 1.165) is 3.57 Å². The first-order valence-electron chi connectivity index (χ1n) is 8.76. The lowest BCUT2D eigenvalue weighted by atomic mass is 10.0. The fraction of sp³-hybridized carbons (Fsp3) is 0.526. The average Bonchev–Trinajstić information content (AvgIpc) is 2.55. The molecule has 1 N–H and O–H groups in total. The zero-order valence-corrected chi connectivity index (χ0v) is 21.1. The Labute approximate surface area is 193 Å². The molecule has 0 aliphatic heterocycles. The first-order valence-corrected chi connectivity index (χ1v) is 11.3. The number of nitrogens with one attached hydrogen (secondary N) is 1. The van der Waals surface area contributed by atoms with Gasteiger partial charge in [0.05, 0.1) is 34.6 Å². The zero-order chi connectivity index (χ0) is 21.6. The molecule has 1 rings (SSSR count). The van der Waals surface area contributed by atoms with Crippen molar-refractivity contribution < 1.29 is 19.1 Å².